The summed E-state index contributed by atoms with van der Waals surface area (Å²) in [6.07, 6.45) is 1.41. The van der Waals surface area contributed by atoms with E-state index >= 15 is 0 Å². The Morgan fingerprint density at radius 1 is 1.28 bits per heavy atom. The largest absolute Gasteiger partial charge is 0.489 e. The SMILES string of the molecule is Cc1ccc(C(C#N)NC(=O)c2c(C)nc3c(OCC4CC(F)(F)C4)cc(C)cn23)cc1. The van der Waals surface area contributed by atoms with Gasteiger partial charge in [-0.3, -0.25) is 9.20 Å². The second-order valence-electron chi connectivity index (χ2n) is 8.51. The van der Waals surface area contributed by atoms with Gasteiger partial charge in [0.1, 0.15) is 11.7 Å². The lowest BCUT2D eigenvalue weighted by molar-refractivity contribution is -0.119. The molecule has 1 amide bonds. The molecule has 4 rings (SSSR count). The van der Waals surface area contributed by atoms with E-state index in [4.69, 9.17) is 4.74 Å². The van der Waals surface area contributed by atoms with Gasteiger partial charge in [-0.05, 0) is 38.0 Å². The lowest BCUT2D eigenvalue weighted by Crippen LogP contribution is -2.38. The minimum absolute atomic E-state index is 0.173. The molecule has 0 aliphatic heterocycles. The molecule has 3 aromatic rings. The van der Waals surface area contributed by atoms with Gasteiger partial charge in [-0.15, -0.1) is 0 Å². The Hall–Kier alpha value is -3.47. The van der Waals surface area contributed by atoms with Crippen molar-refractivity contribution in [2.75, 3.05) is 6.61 Å². The summed E-state index contributed by atoms with van der Waals surface area (Å²) in [6, 6.07) is 10.5. The molecule has 1 unspecified atom stereocenters. The van der Waals surface area contributed by atoms with Gasteiger partial charge in [-0.25, -0.2) is 13.8 Å². The van der Waals surface area contributed by atoms with Crippen LogP contribution in [0, 0.1) is 38.0 Å². The van der Waals surface area contributed by atoms with Gasteiger partial charge in [-0.1, -0.05) is 29.8 Å². The Labute approximate surface area is 184 Å². The van der Waals surface area contributed by atoms with Crippen LogP contribution in [0.2, 0.25) is 0 Å². The number of fused-ring (bicyclic) bond motifs is 1. The number of nitrogens with zero attached hydrogens (tertiary/aromatic N) is 3. The molecule has 1 fully saturated rings. The van der Waals surface area contributed by atoms with Gasteiger partial charge < -0.3 is 10.1 Å². The van der Waals surface area contributed by atoms with Crippen LogP contribution in [0.4, 0.5) is 8.78 Å². The van der Waals surface area contributed by atoms with Crippen LogP contribution in [0.1, 0.15) is 51.8 Å². The van der Waals surface area contributed by atoms with Crippen molar-refractivity contribution >= 4 is 11.6 Å². The number of ether oxygens (including phenoxy) is 1. The first-order chi connectivity index (χ1) is 15.2. The Morgan fingerprint density at radius 2 is 1.97 bits per heavy atom. The Morgan fingerprint density at radius 3 is 2.59 bits per heavy atom. The summed E-state index contributed by atoms with van der Waals surface area (Å²) in [4.78, 5) is 17.6. The summed E-state index contributed by atoms with van der Waals surface area (Å²) in [5, 5.41) is 12.4. The molecule has 1 N–H and O–H groups in total. The lowest BCUT2D eigenvalue weighted by atomic mass is 9.82. The van der Waals surface area contributed by atoms with Gasteiger partial charge in [0.25, 0.3) is 5.91 Å². The van der Waals surface area contributed by atoms with Crippen molar-refractivity contribution in [2.24, 2.45) is 5.92 Å². The van der Waals surface area contributed by atoms with E-state index in [0.717, 1.165) is 11.1 Å². The quantitative estimate of drug-likeness (QED) is 0.606. The van der Waals surface area contributed by atoms with Crippen LogP contribution in [-0.2, 0) is 0 Å². The molecule has 0 saturated heterocycles. The van der Waals surface area contributed by atoms with Gasteiger partial charge in [0, 0.05) is 25.0 Å². The molecular weight excluding hydrogens is 414 g/mol. The number of nitriles is 1. The van der Waals surface area contributed by atoms with E-state index in [-0.39, 0.29) is 25.4 Å². The van der Waals surface area contributed by atoms with Crippen molar-refractivity contribution < 1.29 is 18.3 Å². The summed E-state index contributed by atoms with van der Waals surface area (Å²) in [7, 11) is 0. The predicted molar refractivity (Wildman–Crippen MR) is 115 cm³/mol. The third-order valence-corrected chi connectivity index (χ3v) is 5.68. The molecule has 2 aromatic heterocycles. The molecule has 6 nitrogen and oxygen atoms in total. The molecule has 8 heteroatoms. The standard InChI is InChI=1S/C24H24F2N4O2/c1-14-4-6-18(7-5-14)19(11-27)29-23(31)21-16(3)28-22-20(8-15(2)12-30(21)22)32-13-17-9-24(25,26)10-17/h4-8,12,17,19H,9-10,13H2,1-3H3,(H,29,31). The fourth-order valence-electron chi connectivity index (χ4n) is 4.00. The third-order valence-electron chi connectivity index (χ3n) is 5.68. The molecule has 0 spiro atoms. The summed E-state index contributed by atoms with van der Waals surface area (Å²) in [5.41, 5.74) is 3.80. The molecule has 166 valence electrons. The first-order valence-electron chi connectivity index (χ1n) is 10.4. The van der Waals surface area contributed by atoms with E-state index in [2.05, 4.69) is 16.4 Å². The average Bonchev–Trinajstić information content (AvgIpc) is 3.05. The highest BCUT2D eigenvalue weighted by molar-refractivity contribution is 5.95. The number of pyridine rings is 1. The van der Waals surface area contributed by atoms with Crippen LogP contribution in [0.25, 0.3) is 5.65 Å². The fourth-order valence-corrected chi connectivity index (χ4v) is 4.00. The zero-order chi connectivity index (χ0) is 23.0. The number of benzene rings is 1. The molecule has 0 bridgehead atoms. The van der Waals surface area contributed by atoms with Gasteiger partial charge >= 0.3 is 0 Å². The third kappa shape index (κ3) is 4.28. The zero-order valence-corrected chi connectivity index (χ0v) is 18.2. The zero-order valence-electron chi connectivity index (χ0n) is 18.2. The van der Waals surface area contributed by atoms with Gasteiger partial charge in [-0.2, -0.15) is 5.26 Å². The number of hydrogen-bond donors (Lipinski definition) is 1. The molecule has 32 heavy (non-hydrogen) atoms. The number of aryl methyl sites for hydroxylation is 3. The van der Waals surface area contributed by atoms with E-state index in [0.29, 0.717) is 28.3 Å². The fraction of sp³-hybridized carbons (Fsp3) is 0.375. The number of nitrogens with one attached hydrogen (secondary N) is 1. The number of carbonyl (C=O) groups is 1. The summed E-state index contributed by atoms with van der Waals surface area (Å²) in [5.74, 6) is -2.79. The van der Waals surface area contributed by atoms with Gasteiger partial charge in [0.2, 0.25) is 5.92 Å². The number of aromatic nitrogens is 2. The highest BCUT2D eigenvalue weighted by atomic mass is 19.3. The van der Waals surface area contributed by atoms with E-state index in [1.807, 2.05) is 38.1 Å². The van der Waals surface area contributed by atoms with Crippen molar-refractivity contribution in [1.29, 1.82) is 5.26 Å². The molecule has 2 heterocycles. The van der Waals surface area contributed by atoms with Crippen LogP contribution in [0.5, 0.6) is 5.75 Å². The van der Waals surface area contributed by atoms with Crippen LogP contribution >= 0.6 is 0 Å². The predicted octanol–water partition coefficient (Wildman–Crippen LogP) is 4.68. The summed E-state index contributed by atoms with van der Waals surface area (Å²) in [6.45, 7) is 5.68. The van der Waals surface area contributed by atoms with Gasteiger partial charge in [0.15, 0.2) is 11.4 Å². The molecular formula is C24H24F2N4O2. The van der Waals surface area contributed by atoms with Crippen LogP contribution in [0.15, 0.2) is 36.5 Å². The summed E-state index contributed by atoms with van der Waals surface area (Å²) < 4.78 is 33.7. The first-order valence-corrected chi connectivity index (χ1v) is 10.4. The highest BCUT2D eigenvalue weighted by Crippen LogP contribution is 2.42. The normalized spacial score (nSPS) is 16.2. The lowest BCUT2D eigenvalue weighted by Gasteiger charge is -2.34. The Kier molecular flexibility index (Phi) is 5.59. The number of alkyl halides is 2. The smallest absolute Gasteiger partial charge is 0.271 e. The maximum absolute atomic E-state index is 13.1. The first kappa shape index (κ1) is 21.8. The number of carbonyl (C=O) groups excluding carboxylic acids is 1. The van der Waals surface area contributed by atoms with Crippen molar-refractivity contribution in [3.63, 3.8) is 0 Å². The summed E-state index contributed by atoms with van der Waals surface area (Å²) >= 11 is 0. The second kappa shape index (κ2) is 8.23. The number of amides is 1. The maximum atomic E-state index is 13.1. The number of hydrogen-bond acceptors (Lipinski definition) is 4. The minimum Gasteiger partial charge on any atom is -0.489 e. The molecule has 1 aromatic carbocycles. The van der Waals surface area contributed by atoms with Crippen LogP contribution in [-0.4, -0.2) is 27.8 Å². The van der Waals surface area contributed by atoms with E-state index in [1.54, 1.807) is 23.6 Å². The van der Waals surface area contributed by atoms with Gasteiger partial charge in [0.05, 0.1) is 18.4 Å². The van der Waals surface area contributed by atoms with Crippen molar-refractivity contribution in [1.82, 2.24) is 14.7 Å². The molecule has 1 aliphatic rings. The molecule has 1 aliphatic carbocycles. The van der Waals surface area contributed by atoms with Crippen LogP contribution in [0.3, 0.4) is 0 Å². The van der Waals surface area contributed by atoms with Crippen LogP contribution < -0.4 is 10.1 Å². The van der Waals surface area contributed by atoms with Crippen molar-refractivity contribution in [3.8, 4) is 11.8 Å². The highest BCUT2D eigenvalue weighted by Gasteiger charge is 2.45. The number of imidazole rings is 1. The van der Waals surface area contributed by atoms with Crippen molar-refractivity contribution in [3.05, 3.63) is 64.6 Å². The maximum Gasteiger partial charge on any atom is 0.271 e. The Balaban J connectivity index is 1.59. The molecule has 1 atom stereocenters. The second-order valence-corrected chi connectivity index (χ2v) is 8.51. The topological polar surface area (TPSA) is 79.4 Å². The monoisotopic (exact) mass is 438 g/mol. The van der Waals surface area contributed by atoms with E-state index in [1.165, 1.54) is 0 Å². The Bertz CT molecular complexity index is 1200. The molecule has 0 radical (unpaired) electrons. The minimum atomic E-state index is -2.60. The molecule has 1 saturated carbocycles. The van der Waals surface area contributed by atoms with E-state index < -0.39 is 17.9 Å². The average molecular weight is 438 g/mol. The van der Waals surface area contributed by atoms with Crippen molar-refractivity contribution in [2.45, 2.75) is 45.6 Å². The van der Waals surface area contributed by atoms with E-state index in [9.17, 15) is 18.8 Å². The number of rotatable bonds is 6. The number of halogens is 2.